The van der Waals surface area contributed by atoms with E-state index < -0.39 is 0 Å². The van der Waals surface area contributed by atoms with E-state index in [0.29, 0.717) is 37.5 Å². The Labute approximate surface area is 158 Å². The quantitative estimate of drug-likeness (QED) is 0.801. The van der Waals surface area contributed by atoms with Crippen LogP contribution in [0.4, 0.5) is 0 Å². The van der Waals surface area contributed by atoms with Gasteiger partial charge in [-0.1, -0.05) is 0 Å². The van der Waals surface area contributed by atoms with Crippen LogP contribution in [0.2, 0.25) is 0 Å². The van der Waals surface area contributed by atoms with E-state index in [4.69, 9.17) is 0 Å². The highest BCUT2D eigenvalue weighted by Crippen LogP contribution is 2.29. The number of aromatic nitrogens is 4. The number of fused-ring (bicyclic) bond motifs is 4. The Balaban J connectivity index is 1.42. The Bertz CT molecular complexity index is 821. The minimum atomic E-state index is -0.0929. The zero-order chi connectivity index (χ0) is 18.8. The van der Waals surface area contributed by atoms with E-state index in [2.05, 4.69) is 15.1 Å². The lowest BCUT2D eigenvalue weighted by atomic mass is 9.94. The molecule has 0 aromatic carbocycles. The fraction of sp³-hybridized carbons (Fsp3) is 0.526. The number of carbonyl (C=O) groups excluding carboxylic acids is 2. The van der Waals surface area contributed by atoms with Crippen molar-refractivity contribution < 1.29 is 9.59 Å². The molecular weight excluding hydrogens is 344 g/mol. The molecule has 3 saturated heterocycles. The van der Waals surface area contributed by atoms with Gasteiger partial charge in [0.15, 0.2) is 0 Å². The maximum Gasteiger partial charge on any atom is 0.274 e. The highest BCUT2D eigenvalue weighted by atomic mass is 16.2. The molecule has 0 aliphatic carbocycles. The molecule has 3 aliphatic heterocycles. The molecular formula is C19H24N6O2. The number of carbonyl (C=O) groups is 2. The summed E-state index contributed by atoms with van der Waals surface area (Å²) in [5.74, 6) is 0.402. The van der Waals surface area contributed by atoms with Crippen LogP contribution in [0.3, 0.4) is 0 Å². The fourth-order valence-electron chi connectivity index (χ4n) is 4.12. The zero-order valence-electron chi connectivity index (χ0n) is 15.5. The van der Waals surface area contributed by atoms with Gasteiger partial charge in [-0.05, 0) is 30.7 Å². The molecule has 2 aromatic heterocycles. The van der Waals surface area contributed by atoms with Gasteiger partial charge in [0, 0.05) is 57.7 Å². The third kappa shape index (κ3) is 3.84. The van der Waals surface area contributed by atoms with Crippen molar-refractivity contribution >= 4 is 11.8 Å². The SMILES string of the molecule is Cn1cc(CCC(=O)N2CC3CCC2CN(C(=O)c2cnccn2)C3)cn1. The van der Waals surface area contributed by atoms with Gasteiger partial charge in [-0.2, -0.15) is 5.10 Å². The smallest absolute Gasteiger partial charge is 0.274 e. The van der Waals surface area contributed by atoms with Gasteiger partial charge < -0.3 is 9.80 Å². The van der Waals surface area contributed by atoms with E-state index in [1.165, 1.54) is 12.4 Å². The molecule has 0 N–H and O–H groups in total. The van der Waals surface area contributed by atoms with Crippen molar-refractivity contribution in [3.8, 4) is 0 Å². The first-order chi connectivity index (χ1) is 13.1. The van der Waals surface area contributed by atoms with Crippen LogP contribution in [0.1, 0.15) is 35.3 Å². The summed E-state index contributed by atoms with van der Waals surface area (Å²) in [7, 11) is 1.88. The molecule has 27 heavy (non-hydrogen) atoms. The summed E-state index contributed by atoms with van der Waals surface area (Å²) in [5.41, 5.74) is 1.44. The van der Waals surface area contributed by atoms with Crippen molar-refractivity contribution in [2.24, 2.45) is 13.0 Å². The van der Waals surface area contributed by atoms with Crippen LogP contribution in [-0.2, 0) is 18.3 Å². The number of rotatable bonds is 4. The minimum absolute atomic E-state index is 0.0887. The normalized spacial score (nSPS) is 22.0. The van der Waals surface area contributed by atoms with E-state index in [1.807, 2.05) is 29.2 Å². The van der Waals surface area contributed by atoms with Crippen LogP contribution in [0.25, 0.3) is 0 Å². The Morgan fingerprint density at radius 2 is 2.04 bits per heavy atom. The van der Waals surface area contributed by atoms with Gasteiger partial charge in [0.1, 0.15) is 5.69 Å². The van der Waals surface area contributed by atoms with Gasteiger partial charge in [-0.3, -0.25) is 19.3 Å². The van der Waals surface area contributed by atoms with Crippen LogP contribution in [0.5, 0.6) is 0 Å². The second-order valence-electron chi connectivity index (χ2n) is 7.47. The summed E-state index contributed by atoms with van der Waals surface area (Å²) in [5, 5.41) is 4.15. The van der Waals surface area contributed by atoms with Gasteiger partial charge in [-0.15, -0.1) is 0 Å². The minimum Gasteiger partial charge on any atom is -0.338 e. The zero-order valence-corrected chi connectivity index (χ0v) is 15.5. The molecule has 2 amide bonds. The monoisotopic (exact) mass is 368 g/mol. The third-order valence-corrected chi connectivity index (χ3v) is 5.49. The van der Waals surface area contributed by atoms with Crippen LogP contribution in [0, 0.1) is 5.92 Å². The first-order valence-corrected chi connectivity index (χ1v) is 9.42. The van der Waals surface area contributed by atoms with Gasteiger partial charge in [0.05, 0.1) is 12.4 Å². The molecule has 0 spiro atoms. The summed E-state index contributed by atoms with van der Waals surface area (Å²) in [6.45, 7) is 1.99. The largest absolute Gasteiger partial charge is 0.338 e. The number of aryl methyl sites for hydroxylation is 2. The summed E-state index contributed by atoms with van der Waals surface area (Å²) in [6.07, 6.45) is 11.5. The topological polar surface area (TPSA) is 84.2 Å². The molecule has 2 bridgehead atoms. The maximum atomic E-state index is 12.8. The van der Waals surface area contributed by atoms with Gasteiger partial charge in [0.2, 0.25) is 5.91 Å². The van der Waals surface area contributed by atoms with Crippen LogP contribution in [-0.4, -0.2) is 67.0 Å². The molecule has 0 radical (unpaired) electrons. The average molecular weight is 368 g/mol. The molecule has 8 heteroatoms. The molecule has 2 aromatic rings. The highest BCUT2D eigenvalue weighted by Gasteiger charge is 2.38. The van der Waals surface area contributed by atoms with E-state index in [1.54, 1.807) is 10.9 Å². The van der Waals surface area contributed by atoms with Gasteiger partial charge in [0.25, 0.3) is 5.91 Å². The Hall–Kier alpha value is -2.77. The van der Waals surface area contributed by atoms with Crippen molar-refractivity contribution in [2.75, 3.05) is 19.6 Å². The summed E-state index contributed by atoms with van der Waals surface area (Å²) < 4.78 is 1.75. The Morgan fingerprint density at radius 3 is 2.78 bits per heavy atom. The highest BCUT2D eigenvalue weighted by molar-refractivity contribution is 5.92. The average Bonchev–Trinajstić information content (AvgIpc) is 2.91. The lowest BCUT2D eigenvalue weighted by Crippen LogP contribution is -2.47. The summed E-state index contributed by atoms with van der Waals surface area (Å²) in [4.78, 5) is 37.6. The van der Waals surface area contributed by atoms with E-state index in [-0.39, 0.29) is 17.9 Å². The van der Waals surface area contributed by atoms with Crippen molar-refractivity contribution in [2.45, 2.75) is 31.7 Å². The lowest BCUT2D eigenvalue weighted by molar-refractivity contribution is -0.135. The molecule has 0 saturated carbocycles. The number of piperidine rings is 1. The van der Waals surface area contributed by atoms with Crippen molar-refractivity contribution in [1.29, 1.82) is 0 Å². The van der Waals surface area contributed by atoms with Crippen molar-refractivity contribution in [1.82, 2.24) is 29.5 Å². The van der Waals surface area contributed by atoms with Crippen LogP contribution >= 0.6 is 0 Å². The van der Waals surface area contributed by atoms with E-state index in [0.717, 1.165) is 24.9 Å². The van der Waals surface area contributed by atoms with Gasteiger partial charge in [-0.25, -0.2) is 4.98 Å². The van der Waals surface area contributed by atoms with Crippen molar-refractivity contribution in [3.63, 3.8) is 0 Å². The molecule has 3 fully saturated rings. The first-order valence-electron chi connectivity index (χ1n) is 9.42. The lowest BCUT2D eigenvalue weighted by Gasteiger charge is -2.36. The molecule has 5 heterocycles. The van der Waals surface area contributed by atoms with Crippen LogP contribution in [0.15, 0.2) is 31.0 Å². The molecule has 2 atom stereocenters. The molecule has 142 valence electrons. The number of hydrogen-bond acceptors (Lipinski definition) is 5. The standard InChI is InChI=1S/C19H24N6O2/c1-23-10-14(8-22-23)3-5-18(26)25-12-15-2-4-16(25)13-24(11-15)19(27)17-9-20-6-7-21-17/h6-10,15-16H,2-5,11-13H2,1H3. The third-order valence-electron chi connectivity index (χ3n) is 5.49. The Kier molecular flexibility index (Phi) is 4.87. The second-order valence-corrected chi connectivity index (χ2v) is 7.47. The number of hydrogen-bond donors (Lipinski definition) is 0. The molecule has 3 aliphatic rings. The van der Waals surface area contributed by atoms with Gasteiger partial charge >= 0.3 is 0 Å². The predicted molar refractivity (Wildman–Crippen MR) is 97.7 cm³/mol. The number of nitrogens with zero attached hydrogens (tertiary/aromatic N) is 6. The van der Waals surface area contributed by atoms with Crippen molar-refractivity contribution in [3.05, 3.63) is 42.2 Å². The summed E-state index contributed by atoms with van der Waals surface area (Å²) in [6, 6.07) is 0.0887. The summed E-state index contributed by atoms with van der Waals surface area (Å²) >= 11 is 0. The fourth-order valence-corrected chi connectivity index (χ4v) is 4.12. The molecule has 8 nitrogen and oxygen atoms in total. The van der Waals surface area contributed by atoms with Crippen LogP contribution < -0.4 is 0 Å². The first kappa shape index (κ1) is 17.6. The maximum absolute atomic E-state index is 12.8. The van der Waals surface area contributed by atoms with E-state index in [9.17, 15) is 9.59 Å². The number of amides is 2. The molecule has 5 rings (SSSR count). The molecule has 2 unspecified atom stereocenters. The van der Waals surface area contributed by atoms with E-state index >= 15 is 0 Å². The predicted octanol–water partition coefficient (Wildman–Crippen LogP) is 0.906. The Morgan fingerprint density at radius 1 is 1.15 bits per heavy atom. The second kappa shape index (κ2) is 7.46.